The monoisotopic (exact) mass is 371 g/mol. The number of carbonyl (C=O) groups is 1. The van der Waals surface area contributed by atoms with Gasteiger partial charge in [-0.3, -0.25) is 14.2 Å². The van der Waals surface area contributed by atoms with Gasteiger partial charge in [0.2, 0.25) is 5.91 Å². The molecule has 1 amide bonds. The van der Waals surface area contributed by atoms with Gasteiger partial charge in [0.25, 0.3) is 0 Å². The van der Waals surface area contributed by atoms with E-state index in [-0.39, 0.29) is 11.6 Å². The second-order valence-electron chi connectivity index (χ2n) is 6.15. The fourth-order valence-corrected chi connectivity index (χ4v) is 2.81. The number of rotatable bonds is 5. The highest BCUT2D eigenvalue weighted by Crippen LogP contribution is 2.12. The first-order valence-electron chi connectivity index (χ1n) is 8.72. The van der Waals surface area contributed by atoms with Gasteiger partial charge >= 0.3 is 5.69 Å². The Hall–Kier alpha value is -4.00. The zero-order valence-electron chi connectivity index (χ0n) is 14.9. The molecule has 0 spiro atoms. The Bertz CT molecular complexity index is 1210. The van der Waals surface area contributed by atoms with Crippen LogP contribution in [-0.4, -0.2) is 25.1 Å². The highest BCUT2D eigenvalue weighted by Gasteiger charge is 2.07. The van der Waals surface area contributed by atoms with Crippen LogP contribution in [0.4, 0.5) is 5.69 Å². The lowest BCUT2D eigenvalue weighted by Crippen LogP contribution is -2.21. The van der Waals surface area contributed by atoms with Crippen molar-refractivity contribution >= 4 is 23.3 Å². The van der Waals surface area contributed by atoms with Crippen molar-refractivity contribution in [3.8, 4) is 0 Å². The molecular weight excluding hydrogens is 354 g/mol. The molecule has 138 valence electrons. The minimum atomic E-state index is -0.257. The van der Waals surface area contributed by atoms with Gasteiger partial charge in [0.15, 0.2) is 5.65 Å². The number of fused-ring (bicyclic) bond motifs is 1. The number of benzene rings is 1. The summed E-state index contributed by atoms with van der Waals surface area (Å²) in [6, 6.07) is 18.2. The molecule has 0 aliphatic heterocycles. The summed E-state index contributed by atoms with van der Waals surface area (Å²) in [5.41, 5.74) is 2.60. The summed E-state index contributed by atoms with van der Waals surface area (Å²) >= 11 is 0. The number of amides is 1. The quantitative estimate of drug-likeness (QED) is 0.547. The van der Waals surface area contributed by atoms with Crippen LogP contribution in [0.3, 0.4) is 0 Å². The Kier molecular flexibility index (Phi) is 4.79. The molecule has 0 aliphatic carbocycles. The minimum Gasteiger partial charge on any atom is -0.323 e. The molecule has 0 atom stereocenters. The zero-order chi connectivity index (χ0) is 19.3. The lowest BCUT2D eigenvalue weighted by Gasteiger charge is -2.05. The fraction of sp³-hybridized carbons (Fsp3) is 0.0476. The summed E-state index contributed by atoms with van der Waals surface area (Å²) < 4.78 is 2.89. The lowest BCUT2D eigenvalue weighted by molar-refractivity contribution is -0.111. The van der Waals surface area contributed by atoms with E-state index in [2.05, 4.69) is 15.4 Å². The summed E-state index contributed by atoms with van der Waals surface area (Å²) in [6.07, 6.45) is 6.44. The number of hydrogen-bond acceptors (Lipinski definition) is 4. The van der Waals surface area contributed by atoms with Crippen molar-refractivity contribution in [3.05, 3.63) is 101 Å². The summed E-state index contributed by atoms with van der Waals surface area (Å²) in [4.78, 5) is 28.7. The smallest absolute Gasteiger partial charge is 0.323 e. The van der Waals surface area contributed by atoms with Crippen LogP contribution in [0.25, 0.3) is 11.7 Å². The number of nitrogens with one attached hydrogen (secondary N) is 1. The average Bonchev–Trinajstić information content (AvgIpc) is 3.03. The molecule has 0 saturated carbocycles. The first kappa shape index (κ1) is 17.4. The molecule has 3 aromatic heterocycles. The summed E-state index contributed by atoms with van der Waals surface area (Å²) in [6.45, 7) is 0.313. The van der Waals surface area contributed by atoms with E-state index in [0.29, 0.717) is 23.6 Å². The van der Waals surface area contributed by atoms with Crippen LogP contribution in [0, 0.1) is 0 Å². The van der Waals surface area contributed by atoms with Crippen LogP contribution in [0.2, 0.25) is 0 Å². The van der Waals surface area contributed by atoms with Gasteiger partial charge in [-0.05, 0) is 48.0 Å². The third-order valence-corrected chi connectivity index (χ3v) is 4.11. The number of pyridine rings is 2. The molecule has 4 rings (SSSR count). The van der Waals surface area contributed by atoms with Crippen molar-refractivity contribution in [1.29, 1.82) is 0 Å². The standard InChI is InChI=1S/C21H17N5O2/c27-20(11-10-17-7-1-3-12-22-17)23-18-8-5-6-16(14-18)15-26-21(28)25-13-4-2-9-19(25)24-26/h1-14H,15H2,(H,23,27)/b11-10+. The van der Waals surface area contributed by atoms with Crippen molar-refractivity contribution in [2.45, 2.75) is 6.54 Å². The van der Waals surface area contributed by atoms with Crippen LogP contribution < -0.4 is 11.0 Å². The van der Waals surface area contributed by atoms with E-state index < -0.39 is 0 Å². The van der Waals surface area contributed by atoms with Crippen molar-refractivity contribution in [2.75, 3.05) is 5.32 Å². The van der Waals surface area contributed by atoms with Crippen LogP contribution in [0.15, 0.2) is 83.9 Å². The Balaban J connectivity index is 1.48. The lowest BCUT2D eigenvalue weighted by atomic mass is 10.2. The van der Waals surface area contributed by atoms with Gasteiger partial charge in [0.05, 0.1) is 12.2 Å². The first-order chi connectivity index (χ1) is 13.7. The zero-order valence-corrected chi connectivity index (χ0v) is 14.9. The largest absolute Gasteiger partial charge is 0.350 e. The molecule has 3 heterocycles. The van der Waals surface area contributed by atoms with Crippen molar-refractivity contribution in [1.82, 2.24) is 19.2 Å². The molecular formula is C21H17N5O2. The highest BCUT2D eigenvalue weighted by molar-refractivity contribution is 6.01. The SMILES string of the molecule is O=C(/C=C/c1ccccn1)Nc1cccc(Cn2nc3ccccn3c2=O)c1. The van der Waals surface area contributed by atoms with E-state index in [0.717, 1.165) is 5.56 Å². The normalized spacial score (nSPS) is 11.1. The number of nitrogens with zero attached hydrogens (tertiary/aromatic N) is 4. The highest BCUT2D eigenvalue weighted by atomic mass is 16.2. The van der Waals surface area contributed by atoms with Crippen molar-refractivity contribution in [2.24, 2.45) is 0 Å². The van der Waals surface area contributed by atoms with E-state index in [1.165, 1.54) is 15.2 Å². The molecule has 0 saturated heterocycles. The first-order valence-corrected chi connectivity index (χ1v) is 8.72. The number of hydrogen-bond donors (Lipinski definition) is 1. The maximum absolute atomic E-state index is 12.4. The molecule has 0 bridgehead atoms. The van der Waals surface area contributed by atoms with Gasteiger partial charge in [0.1, 0.15) is 0 Å². The summed E-state index contributed by atoms with van der Waals surface area (Å²) in [7, 11) is 0. The summed E-state index contributed by atoms with van der Waals surface area (Å²) in [5.74, 6) is -0.257. The molecule has 7 nitrogen and oxygen atoms in total. The van der Waals surface area contributed by atoms with Crippen LogP contribution >= 0.6 is 0 Å². The molecule has 4 aromatic rings. The van der Waals surface area contributed by atoms with Crippen molar-refractivity contribution in [3.63, 3.8) is 0 Å². The predicted octanol–water partition coefficient (Wildman–Crippen LogP) is 2.59. The van der Waals surface area contributed by atoms with Crippen LogP contribution in [-0.2, 0) is 11.3 Å². The average molecular weight is 371 g/mol. The third kappa shape index (κ3) is 3.88. The number of carbonyl (C=O) groups excluding carboxylic acids is 1. The maximum Gasteiger partial charge on any atom is 0.350 e. The van der Waals surface area contributed by atoms with Gasteiger partial charge in [-0.25, -0.2) is 9.48 Å². The molecule has 0 fully saturated rings. The van der Waals surface area contributed by atoms with Crippen LogP contribution in [0.1, 0.15) is 11.3 Å². The predicted molar refractivity (Wildman–Crippen MR) is 107 cm³/mol. The molecule has 28 heavy (non-hydrogen) atoms. The van der Waals surface area contributed by atoms with E-state index in [9.17, 15) is 9.59 Å². The maximum atomic E-state index is 12.4. The number of anilines is 1. The van der Waals surface area contributed by atoms with Gasteiger partial charge in [0, 0.05) is 24.2 Å². The molecule has 0 radical (unpaired) electrons. The van der Waals surface area contributed by atoms with E-state index in [1.54, 1.807) is 36.7 Å². The Labute approximate surface area is 160 Å². The van der Waals surface area contributed by atoms with Gasteiger partial charge < -0.3 is 5.32 Å². The van der Waals surface area contributed by atoms with E-state index in [1.807, 2.05) is 42.5 Å². The molecule has 7 heteroatoms. The molecule has 0 unspecified atom stereocenters. The second-order valence-corrected chi connectivity index (χ2v) is 6.15. The fourth-order valence-electron chi connectivity index (χ4n) is 2.81. The van der Waals surface area contributed by atoms with Crippen molar-refractivity contribution < 1.29 is 4.79 Å². The van der Waals surface area contributed by atoms with E-state index >= 15 is 0 Å². The molecule has 1 aromatic carbocycles. The topological polar surface area (TPSA) is 81.3 Å². The molecule has 0 aliphatic rings. The van der Waals surface area contributed by atoms with E-state index in [4.69, 9.17) is 0 Å². The Morgan fingerprint density at radius 1 is 1.07 bits per heavy atom. The Morgan fingerprint density at radius 3 is 2.79 bits per heavy atom. The van der Waals surface area contributed by atoms with Crippen LogP contribution in [0.5, 0.6) is 0 Å². The van der Waals surface area contributed by atoms with Gasteiger partial charge in [-0.15, -0.1) is 5.10 Å². The summed E-state index contributed by atoms with van der Waals surface area (Å²) in [5, 5.41) is 7.14. The van der Waals surface area contributed by atoms with Gasteiger partial charge in [-0.2, -0.15) is 0 Å². The van der Waals surface area contributed by atoms with Gasteiger partial charge in [-0.1, -0.05) is 24.3 Å². The Morgan fingerprint density at radius 2 is 1.96 bits per heavy atom. The third-order valence-electron chi connectivity index (χ3n) is 4.11. The minimum absolute atomic E-state index is 0.205. The molecule has 1 N–H and O–H groups in total. The number of aromatic nitrogens is 4. The second kappa shape index (κ2) is 7.71.